The van der Waals surface area contributed by atoms with Gasteiger partial charge in [0.15, 0.2) is 11.0 Å². The van der Waals surface area contributed by atoms with E-state index < -0.39 is 0 Å². The maximum atomic E-state index is 12.9. The molecule has 0 radical (unpaired) electrons. The smallest absolute Gasteiger partial charge is 0.253 e. The summed E-state index contributed by atoms with van der Waals surface area (Å²) >= 11 is 10.9. The molecule has 2 amide bonds. The molecule has 3 aromatic rings. The van der Waals surface area contributed by atoms with Crippen molar-refractivity contribution in [3.63, 3.8) is 0 Å². The van der Waals surface area contributed by atoms with Crippen molar-refractivity contribution < 1.29 is 9.59 Å². The van der Waals surface area contributed by atoms with Crippen LogP contribution in [0.3, 0.4) is 0 Å². The first-order valence-corrected chi connectivity index (χ1v) is 13.0. The Morgan fingerprint density at radius 2 is 1.91 bits per heavy atom. The molecule has 0 aliphatic rings. The van der Waals surface area contributed by atoms with E-state index in [1.165, 1.54) is 11.8 Å². The van der Waals surface area contributed by atoms with E-state index in [1.807, 2.05) is 50.5 Å². The lowest BCUT2D eigenvalue weighted by Gasteiger charge is -2.22. The summed E-state index contributed by atoms with van der Waals surface area (Å²) in [6.07, 6.45) is 0. The molecule has 2 aromatic carbocycles. The molecule has 0 bridgehead atoms. The SMILES string of the molecule is CCn1c(SCC(=O)Nc2ccc(Br)cc2C)nnc1[C@@H](NC(=O)c1ccccc1Cl)C(C)C. The van der Waals surface area contributed by atoms with Crippen LogP contribution in [0.2, 0.25) is 5.02 Å². The number of hydrogen-bond acceptors (Lipinski definition) is 5. The van der Waals surface area contributed by atoms with Crippen LogP contribution < -0.4 is 10.6 Å². The highest BCUT2D eigenvalue weighted by atomic mass is 79.9. The van der Waals surface area contributed by atoms with Crippen molar-refractivity contribution in [3.05, 3.63) is 68.9 Å². The number of amides is 2. The summed E-state index contributed by atoms with van der Waals surface area (Å²) in [5, 5.41) is 15.7. The summed E-state index contributed by atoms with van der Waals surface area (Å²) in [6.45, 7) is 8.54. The first-order chi connectivity index (χ1) is 16.2. The van der Waals surface area contributed by atoms with Gasteiger partial charge in [-0.05, 0) is 55.7 Å². The molecule has 0 spiro atoms. The van der Waals surface area contributed by atoms with Gasteiger partial charge in [-0.15, -0.1) is 10.2 Å². The number of nitrogens with one attached hydrogen (secondary N) is 2. The Kier molecular flexibility index (Phi) is 9.16. The molecule has 0 fully saturated rings. The van der Waals surface area contributed by atoms with Gasteiger partial charge in [-0.3, -0.25) is 9.59 Å². The Hall–Kier alpha value is -2.36. The second-order valence-corrected chi connectivity index (χ2v) is 10.3. The van der Waals surface area contributed by atoms with Gasteiger partial charge in [-0.25, -0.2) is 0 Å². The van der Waals surface area contributed by atoms with E-state index in [9.17, 15) is 9.59 Å². The molecule has 0 unspecified atom stereocenters. The molecule has 2 N–H and O–H groups in total. The van der Waals surface area contributed by atoms with Gasteiger partial charge in [0.05, 0.1) is 22.4 Å². The van der Waals surface area contributed by atoms with Crippen molar-refractivity contribution in [1.29, 1.82) is 0 Å². The van der Waals surface area contributed by atoms with Crippen molar-refractivity contribution in [2.24, 2.45) is 5.92 Å². The maximum Gasteiger partial charge on any atom is 0.253 e. The van der Waals surface area contributed by atoms with Crippen LogP contribution in [0.1, 0.15) is 48.6 Å². The lowest BCUT2D eigenvalue weighted by molar-refractivity contribution is -0.113. The van der Waals surface area contributed by atoms with Crippen molar-refractivity contribution in [3.8, 4) is 0 Å². The number of carbonyl (C=O) groups is 2. The summed E-state index contributed by atoms with van der Waals surface area (Å²) in [5.74, 6) is 0.488. The largest absolute Gasteiger partial charge is 0.342 e. The molecule has 0 saturated carbocycles. The summed E-state index contributed by atoms with van der Waals surface area (Å²) in [4.78, 5) is 25.4. The minimum absolute atomic E-state index is 0.0578. The summed E-state index contributed by atoms with van der Waals surface area (Å²) in [7, 11) is 0. The van der Waals surface area contributed by atoms with Crippen molar-refractivity contribution in [1.82, 2.24) is 20.1 Å². The highest BCUT2D eigenvalue weighted by Gasteiger charge is 2.26. The number of halogens is 2. The average Bonchev–Trinajstić information content (AvgIpc) is 3.20. The van der Waals surface area contributed by atoms with Gasteiger partial charge in [0.2, 0.25) is 5.91 Å². The van der Waals surface area contributed by atoms with Crippen LogP contribution in [0.4, 0.5) is 5.69 Å². The molecular formula is C24H27BrClN5O2S. The molecule has 0 saturated heterocycles. The monoisotopic (exact) mass is 563 g/mol. The average molecular weight is 565 g/mol. The Labute approximate surface area is 217 Å². The number of anilines is 1. The van der Waals surface area contributed by atoms with Crippen LogP contribution in [0.5, 0.6) is 0 Å². The molecule has 0 aliphatic carbocycles. The second kappa shape index (κ2) is 11.9. The van der Waals surface area contributed by atoms with Crippen LogP contribution in [0, 0.1) is 12.8 Å². The molecule has 7 nitrogen and oxygen atoms in total. The Bertz CT molecular complexity index is 1180. The fraction of sp³-hybridized carbons (Fsp3) is 0.333. The number of carbonyl (C=O) groups excluding carboxylic acids is 2. The van der Waals surface area contributed by atoms with E-state index in [-0.39, 0.29) is 29.5 Å². The molecule has 10 heteroatoms. The number of thioether (sulfide) groups is 1. The zero-order chi connectivity index (χ0) is 24.8. The number of rotatable bonds is 9. The standard InChI is InChI=1S/C24H27BrClN5O2S/c1-5-31-22(21(14(2)3)28-23(33)17-8-6-7-9-18(17)26)29-30-24(31)34-13-20(32)27-19-11-10-16(25)12-15(19)4/h6-12,14,21H,5,13H2,1-4H3,(H,27,32)(H,28,33)/t21-/m0/s1. The van der Waals surface area contributed by atoms with E-state index in [1.54, 1.807) is 24.3 Å². The third kappa shape index (κ3) is 6.40. The molecule has 180 valence electrons. The quantitative estimate of drug-likeness (QED) is 0.317. The predicted octanol–water partition coefficient (Wildman–Crippen LogP) is 5.88. The highest BCUT2D eigenvalue weighted by molar-refractivity contribution is 9.10. The first-order valence-electron chi connectivity index (χ1n) is 10.9. The predicted molar refractivity (Wildman–Crippen MR) is 140 cm³/mol. The second-order valence-electron chi connectivity index (χ2n) is 8.06. The maximum absolute atomic E-state index is 12.9. The summed E-state index contributed by atoms with van der Waals surface area (Å²) in [6, 6.07) is 12.3. The molecule has 3 rings (SSSR count). The molecular weight excluding hydrogens is 538 g/mol. The molecule has 1 heterocycles. The third-order valence-electron chi connectivity index (χ3n) is 5.21. The first kappa shape index (κ1) is 26.2. The zero-order valence-corrected chi connectivity index (χ0v) is 22.6. The number of hydrogen-bond donors (Lipinski definition) is 2. The van der Waals surface area contributed by atoms with Crippen LogP contribution in [0.15, 0.2) is 52.1 Å². The Morgan fingerprint density at radius 1 is 1.18 bits per heavy atom. The molecule has 0 aliphatic heterocycles. The number of benzene rings is 2. The molecule has 34 heavy (non-hydrogen) atoms. The van der Waals surface area contributed by atoms with Crippen LogP contribution in [-0.4, -0.2) is 32.3 Å². The van der Waals surface area contributed by atoms with E-state index in [0.29, 0.717) is 28.1 Å². The minimum atomic E-state index is -0.371. The topological polar surface area (TPSA) is 88.9 Å². The summed E-state index contributed by atoms with van der Waals surface area (Å²) in [5.41, 5.74) is 2.15. The van der Waals surface area contributed by atoms with E-state index >= 15 is 0 Å². The number of aryl methyl sites for hydroxylation is 1. The lowest BCUT2D eigenvalue weighted by Crippen LogP contribution is -2.34. The Morgan fingerprint density at radius 3 is 2.56 bits per heavy atom. The minimum Gasteiger partial charge on any atom is -0.342 e. The fourth-order valence-corrected chi connectivity index (χ4v) is 4.92. The fourth-order valence-electron chi connectivity index (χ4n) is 3.41. The Balaban J connectivity index is 1.72. The van der Waals surface area contributed by atoms with Gasteiger partial charge in [-0.1, -0.05) is 65.3 Å². The van der Waals surface area contributed by atoms with E-state index in [4.69, 9.17) is 11.6 Å². The van der Waals surface area contributed by atoms with Crippen molar-refractivity contribution >= 4 is 56.8 Å². The molecule has 1 aromatic heterocycles. The lowest BCUT2D eigenvalue weighted by atomic mass is 10.0. The van der Waals surface area contributed by atoms with Gasteiger partial charge in [0.25, 0.3) is 5.91 Å². The number of nitrogens with zero attached hydrogens (tertiary/aromatic N) is 3. The van der Waals surface area contributed by atoms with Gasteiger partial charge < -0.3 is 15.2 Å². The summed E-state index contributed by atoms with van der Waals surface area (Å²) < 4.78 is 2.89. The number of aromatic nitrogens is 3. The van der Waals surface area contributed by atoms with E-state index in [0.717, 1.165) is 15.7 Å². The normalized spacial score (nSPS) is 12.0. The van der Waals surface area contributed by atoms with Gasteiger partial charge >= 0.3 is 0 Å². The zero-order valence-electron chi connectivity index (χ0n) is 19.4. The van der Waals surface area contributed by atoms with Crippen LogP contribution >= 0.6 is 39.3 Å². The third-order valence-corrected chi connectivity index (χ3v) is 7.00. The van der Waals surface area contributed by atoms with Gasteiger partial charge in [0.1, 0.15) is 0 Å². The highest BCUT2D eigenvalue weighted by Crippen LogP contribution is 2.27. The van der Waals surface area contributed by atoms with Gasteiger partial charge in [0, 0.05) is 16.7 Å². The van der Waals surface area contributed by atoms with E-state index in [2.05, 4.69) is 36.8 Å². The van der Waals surface area contributed by atoms with Crippen molar-refractivity contribution in [2.75, 3.05) is 11.1 Å². The van der Waals surface area contributed by atoms with Crippen LogP contribution in [-0.2, 0) is 11.3 Å². The van der Waals surface area contributed by atoms with Crippen LogP contribution in [0.25, 0.3) is 0 Å². The van der Waals surface area contributed by atoms with Crippen molar-refractivity contribution in [2.45, 2.75) is 45.4 Å². The molecule has 1 atom stereocenters. The van der Waals surface area contributed by atoms with Gasteiger partial charge in [-0.2, -0.15) is 0 Å².